The molecule has 0 spiro atoms. The van der Waals surface area contributed by atoms with Crippen LogP contribution in [0.4, 0.5) is 5.13 Å². The smallest absolute Gasteiger partial charge is 0.229 e. The summed E-state index contributed by atoms with van der Waals surface area (Å²) in [6.07, 6.45) is 1.57. The Morgan fingerprint density at radius 2 is 1.74 bits per heavy atom. The maximum absolute atomic E-state index is 13.3. The van der Waals surface area contributed by atoms with E-state index in [2.05, 4.69) is 54.9 Å². The van der Waals surface area contributed by atoms with Crippen LogP contribution in [-0.4, -0.2) is 62.4 Å². The highest BCUT2D eigenvalue weighted by Crippen LogP contribution is 2.33. The normalized spacial score (nSPS) is 11.6. The number of carbonyl (C=O) groups is 1. The van der Waals surface area contributed by atoms with Crippen LogP contribution in [0, 0.1) is 6.92 Å². The lowest BCUT2D eigenvalue weighted by Gasteiger charge is -2.24. The van der Waals surface area contributed by atoms with Gasteiger partial charge in [0.2, 0.25) is 5.91 Å². The maximum atomic E-state index is 13.3. The van der Waals surface area contributed by atoms with Crippen molar-refractivity contribution in [1.29, 1.82) is 0 Å². The number of rotatable bonds is 11. The number of hydrogen-bond donors (Lipinski definition) is 0. The molecule has 0 radical (unpaired) electrons. The molecule has 10 heteroatoms. The number of para-hydroxylation sites is 1. The Balaban J connectivity index is 0.00000408. The second kappa shape index (κ2) is 12.9. The van der Waals surface area contributed by atoms with E-state index in [0.29, 0.717) is 29.4 Å². The number of sulfone groups is 1. The van der Waals surface area contributed by atoms with Gasteiger partial charge in [-0.05, 0) is 44.3 Å². The van der Waals surface area contributed by atoms with E-state index in [-0.39, 0.29) is 23.2 Å². The fourth-order valence-electron chi connectivity index (χ4n) is 3.46. The first-order valence-corrected chi connectivity index (χ1v) is 14.7. The Labute approximate surface area is 217 Å². The zero-order valence-electron chi connectivity index (χ0n) is 20.0. The molecule has 0 aliphatic heterocycles. The summed E-state index contributed by atoms with van der Waals surface area (Å²) in [5, 5.41) is 0.554. The molecule has 1 heterocycles. The molecule has 0 fully saturated rings. The van der Waals surface area contributed by atoms with Gasteiger partial charge < -0.3 is 4.90 Å². The topological polar surface area (TPSA) is 70.6 Å². The molecule has 0 saturated carbocycles. The molecule has 0 bridgehead atoms. The van der Waals surface area contributed by atoms with Crippen LogP contribution < -0.4 is 4.90 Å². The number of thiazole rings is 1. The minimum Gasteiger partial charge on any atom is -0.302 e. The number of fused-ring (bicyclic) bond motifs is 1. The summed E-state index contributed by atoms with van der Waals surface area (Å²) in [6, 6.07) is 13.4. The number of benzene rings is 2. The Morgan fingerprint density at radius 1 is 1.06 bits per heavy atom. The summed E-state index contributed by atoms with van der Waals surface area (Å²) in [5.74, 6) is 0.671. The summed E-state index contributed by atoms with van der Waals surface area (Å²) in [6.45, 7) is 9.31. The fraction of sp³-hybridized carbons (Fsp3) is 0.417. The zero-order valence-corrected chi connectivity index (χ0v) is 23.2. The molecule has 34 heavy (non-hydrogen) atoms. The largest absolute Gasteiger partial charge is 0.302 e. The molecule has 0 aliphatic rings. The first kappa shape index (κ1) is 28.6. The Kier molecular flexibility index (Phi) is 10.8. The van der Waals surface area contributed by atoms with Crippen LogP contribution >= 0.6 is 35.5 Å². The van der Waals surface area contributed by atoms with Crippen molar-refractivity contribution in [2.24, 2.45) is 0 Å². The highest BCUT2D eigenvalue weighted by Gasteiger charge is 2.23. The van der Waals surface area contributed by atoms with Crippen molar-refractivity contribution >= 4 is 66.6 Å². The van der Waals surface area contributed by atoms with Gasteiger partial charge in [0, 0.05) is 36.4 Å². The second-order valence-corrected chi connectivity index (χ2v) is 12.0. The lowest BCUT2D eigenvalue weighted by molar-refractivity contribution is -0.118. The standard InChI is InChI=1S/C24H31N3O3S3.ClH/c1-5-26(6-2)15-16-27(22(28)14-17-31-19-12-10-18(3)11-13-19)24-25-23-20(32-24)8-7-9-21(23)33(4,29)30;/h7-13H,5-6,14-17H2,1-4H3;1H. The number of hydrogen-bond acceptors (Lipinski definition) is 7. The molecule has 3 rings (SSSR count). The number of nitrogens with zero attached hydrogens (tertiary/aromatic N) is 3. The monoisotopic (exact) mass is 541 g/mol. The van der Waals surface area contributed by atoms with Gasteiger partial charge in [-0.3, -0.25) is 9.69 Å². The zero-order chi connectivity index (χ0) is 24.0. The van der Waals surface area contributed by atoms with E-state index in [1.165, 1.54) is 23.2 Å². The summed E-state index contributed by atoms with van der Waals surface area (Å²) in [4.78, 5) is 23.2. The minimum absolute atomic E-state index is 0. The van der Waals surface area contributed by atoms with Gasteiger partial charge in [0.15, 0.2) is 15.0 Å². The van der Waals surface area contributed by atoms with Crippen molar-refractivity contribution in [2.75, 3.05) is 43.1 Å². The Morgan fingerprint density at radius 3 is 2.35 bits per heavy atom. The molecule has 186 valence electrons. The highest BCUT2D eigenvalue weighted by atomic mass is 35.5. The summed E-state index contributed by atoms with van der Waals surface area (Å²) >= 11 is 3.03. The van der Waals surface area contributed by atoms with Gasteiger partial charge in [-0.2, -0.15) is 0 Å². The number of halogens is 1. The average Bonchev–Trinajstić information content (AvgIpc) is 3.21. The SMILES string of the molecule is CCN(CC)CCN(C(=O)CCSc1ccc(C)cc1)c1nc2c(S(C)(=O)=O)cccc2s1.Cl. The van der Waals surface area contributed by atoms with Crippen LogP contribution in [0.3, 0.4) is 0 Å². The van der Waals surface area contributed by atoms with Crippen LogP contribution in [0.2, 0.25) is 0 Å². The molecule has 1 aromatic heterocycles. The molecule has 0 unspecified atom stereocenters. The predicted octanol–water partition coefficient (Wildman–Crippen LogP) is 5.29. The molecule has 3 aromatic rings. The third-order valence-electron chi connectivity index (χ3n) is 5.44. The third-order valence-corrected chi connectivity index (χ3v) is 8.63. The predicted molar refractivity (Wildman–Crippen MR) is 147 cm³/mol. The van der Waals surface area contributed by atoms with Crippen molar-refractivity contribution in [3.8, 4) is 0 Å². The van der Waals surface area contributed by atoms with E-state index in [0.717, 1.165) is 29.2 Å². The molecule has 2 aromatic carbocycles. The van der Waals surface area contributed by atoms with E-state index >= 15 is 0 Å². The number of anilines is 1. The first-order valence-electron chi connectivity index (χ1n) is 11.0. The lowest BCUT2D eigenvalue weighted by Crippen LogP contribution is -2.39. The molecular formula is C24H32ClN3O3S3. The van der Waals surface area contributed by atoms with E-state index in [1.54, 1.807) is 28.8 Å². The molecule has 0 aliphatic carbocycles. The van der Waals surface area contributed by atoms with E-state index in [4.69, 9.17) is 0 Å². The average molecular weight is 542 g/mol. The number of aryl methyl sites for hydroxylation is 1. The molecule has 0 atom stereocenters. The van der Waals surface area contributed by atoms with Gasteiger partial charge in [-0.25, -0.2) is 13.4 Å². The van der Waals surface area contributed by atoms with Crippen molar-refractivity contribution < 1.29 is 13.2 Å². The third kappa shape index (κ3) is 7.42. The number of carbonyl (C=O) groups excluding carboxylic acids is 1. The molecule has 6 nitrogen and oxygen atoms in total. The van der Waals surface area contributed by atoms with Crippen LogP contribution in [0.5, 0.6) is 0 Å². The number of thioether (sulfide) groups is 1. The molecular weight excluding hydrogens is 510 g/mol. The van der Waals surface area contributed by atoms with E-state index in [9.17, 15) is 13.2 Å². The van der Waals surface area contributed by atoms with Gasteiger partial charge in [-0.15, -0.1) is 24.2 Å². The van der Waals surface area contributed by atoms with Gasteiger partial charge in [0.25, 0.3) is 0 Å². The van der Waals surface area contributed by atoms with Gasteiger partial charge in [0.05, 0.1) is 9.60 Å². The van der Waals surface area contributed by atoms with Crippen LogP contribution in [0.25, 0.3) is 10.2 Å². The molecule has 0 saturated heterocycles. The maximum Gasteiger partial charge on any atom is 0.229 e. The fourth-order valence-corrected chi connectivity index (χ4v) is 6.23. The second-order valence-electron chi connectivity index (χ2n) is 7.86. The number of amides is 1. The lowest BCUT2D eigenvalue weighted by atomic mass is 10.2. The van der Waals surface area contributed by atoms with Crippen molar-refractivity contribution in [3.63, 3.8) is 0 Å². The minimum atomic E-state index is -3.41. The molecule has 0 N–H and O–H groups in total. The number of aromatic nitrogens is 1. The quantitative estimate of drug-likeness (QED) is 0.307. The van der Waals surface area contributed by atoms with Crippen molar-refractivity contribution in [2.45, 2.75) is 37.0 Å². The van der Waals surface area contributed by atoms with E-state index in [1.807, 2.05) is 6.07 Å². The van der Waals surface area contributed by atoms with Crippen LogP contribution in [-0.2, 0) is 14.6 Å². The highest BCUT2D eigenvalue weighted by molar-refractivity contribution is 7.99. The van der Waals surface area contributed by atoms with E-state index < -0.39 is 9.84 Å². The Bertz CT molecular complexity index is 1190. The van der Waals surface area contributed by atoms with Gasteiger partial charge >= 0.3 is 0 Å². The van der Waals surface area contributed by atoms with Gasteiger partial charge in [0.1, 0.15) is 5.52 Å². The number of likely N-dealkylation sites (N-methyl/N-ethyl adjacent to an activating group) is 1. The summed E-state index contributed by atoms with van der Waals surface area (Å²) < 4.78 is 25.2. The van der Waals surface area contributed by atoms with Gasteiger partial charge in [-0.1, -0.05) is 48.9 Å². The molecule has 1 amide bonds. The van der Waals surface area contributed by atoms with Crippen LogP contribution in [0.1, 0.15) is 25.8 Å². The first-order chi connectivity index (χ1) is 15.7. The van der Waals surface area contributed by atoms with Crippen molar-refractivity contribution in [1.82, 2.24) is 9.88 Å². The van der Waals surface area contributed by atoms with Crippen LogP contribution in [0.15, 0.2) is 52.3 Å². The van der Waals surface area contributed by atoms with Crippen molar-refractivity contribution in [3.05, 3.63) is 48.0 Å². The summed E-state index contributed by atoms with van der Waals surface area (Å²) in [5.41, 5.74) is 1.65. The summed E-state index contributed by atoms with van der Waals surface area (Å²) in [7, 11) is -3.41. The Hall–Kier alpha value is -1.65.